The van der Waals surface area contributed by atoms with E-state index in [1.807, 2.05) is 25.1 Å². The van der Waals surface area contributed by atoms with Gasteiger partial charge in [0.25, 0.3) is 5.91 Å². The molecule has 0 bridgehead atoms. The highest BCUT2D eigenvalue weighted by Crippen LogP contribution is 2.23. The summed E-state index contributed by atoms with van der Waals surface area (Å²) in [7, 11) is 1.60. The first kappa shape index (κ1) is 16.8. The van der Waals surface area contributed by atoms with Crippen molar-refractivity contribution in [2.24, 2.45) is 0 Å². The molecular formula is C17H16ClN5O2. The SMILES string of the molecule is COc1ccc(Nc2n[nH]nc2C(=O)Nc2ccc(C)c(Cl)c2)cc1. The van der Waals surface area contributed by atoms with Crippen LogP contribution in [0.3, 0.4) is 0 Å². The summed E-state index contributed by atoms with van der Waals surface area (Å²) in [5.41, 5.74) is 2.41. The van der Waals surface area contributed by atoms with E-state index in [1.165, 1.54) is 0 Å². The summed E-state index contributed by atoms with van der Waals surface area (Å²) in [6.07, 6.45) is 0. The third kappa shape index (κ3) is 3.89. The maximum Gasteiger partial charge on any atom is 0.280 e. The number of carbonyl (C=O) groups is 1. The monoisotopic (exact) mass is 357 g/mol. The molecule has 3 aromatic rings. The number of aromatic nitrogens is 3. The number of H-pyrrole nitrogens is 1. The fourth-order valence-corrected chi connectivity index (χ4v) is 2.33. The number of hydrogen-bond acceptors (Lipinski definition) is 5. The second kappa shape index (κ2) is 7.23. The van der Waals surface area contributed by atoms with Crippen LogP contribution in [0, 0.1) is 6.92 Å². The average Bonchev–Trinajstić information content (AvgIpc) is 3.07. The molecule has 7 nitrogen and oxygen atoms in total. The molecule has 0 unspecified atom stereocenters. The first-order valence-electron chi connectivity index (χ1n) is 7.46. The number of ether oxygens (including phenoxy) is 1. The molecule has 1 aromatic heterocycles. The Labute approximate surface area is 149 Å². The van der Waals surface area contributed by atoms with Gasteiger partial charge in [-0.1, -0.05) is 17.7 Å². The number of aryl methyl sites for hydroxylation is 1. The van der Waals surface area contributed by atoms with E-state index in [0.717, 1.165) is 17.0 Å². The lowest BCUT2D eigenvalue weighted by Crippen LogP contribution is -2.14. The van der Waals surface area contributed by atoms with Gasteiger partial charge in [0.05, 0.1) is 7.11 Å². The molecule has 0 fully saturated rings. The number of benzene rings is 2. The van der Waals surface area contributed by atoms with Crippen molar-refractivity contribution in [2.45, 2.75) is 6.92 Å². The lowest BCUT2D eigenvalue weighted by atomic mass is 10.2. The molecule has 1 amide bonds. The number of carbonyl (C=O) groups excluding carboxylic acids is 1. The van der Waals surface area contributed by atoms with E-state index in [-0.39, 0.29) is 5.69 Å². The summed E-state index contributed by atoms with van der Waals surface area (Å²) in [6.45, 7) is 1.89. The molecule has 0 aliphatic carbocycles. The zero-order valence-corrected chi connectivity index (χ0v) is 14.4. The molecule has 0 aliphatic heterocycles. The van der Waals surface area contributed by atoms with Crippen LogP contribution >= 0.6 is 11.6 Å². The maximum atomic E-state index is 12.4. The van der Waals surface area contributed by atoms with Gasteiger partial charge in [0.2, 0.25) is 0 Å². The van der Waals surface area contributed by atoms with Crippen molar-refractivity contribution < 1.29 is 9.53 Å². The highest BCUT2D eigenvalue weighted by atomic mass is 35.5. The number of aromatic amines is 1. The Morgan fingerprint density at radius 2 is 1.84 bits per heavy atom. The van der Waals surface area contributed by atoms with Gasteiger partial charge in [-0.25, -0.2) is 0 Å². The normalized spacial score (nSPS) is 10.4. The Bertz CT molecular complexity index is 892. The second-order valence-corrected chi connectivity index (χ2v) is 5.70. The Hall–Kier alpha value is -3.06. The molecule has 0 spiro atoms. The third-order valence-corrected chi connectivity index (χ3v) is 3.95. The predicted molar refractivity (Wildman–Crippen MR) is 96.8 cm³/mol. The van der Waals surface area contributed by atoms with Crippen LogP contribution in [0.4, 0.5) is 17.2 Å². The minimum Gasteiger partial charge on any atom is -0.497 e. The van der Waals surface area contributed by atoms with Crippen molar-refractivity contribution in [3.63, 3.8) is 0 Å². The fraction of sp³-hybridized carbons (Fsp3) is 0.118. The van der Waals surface area contributed by atoms with Gasteiger partial charge in [0.1, 0.15) is 5.75 Å². The first-order chi connectivity index (χ1) is 12.1. The largest absolute Gasteiger partial charge is 0.497 e. The number of nitrogens with zero attached hydrogens (tertiary/aromatic N) is 2. The fourth-order valence-electron chi connectivity index (χ4n) is 2.15. The van der Waals surface area contributed by atoms with Crippen molar-refractivity contribution in [1.82, 2.24) is 15.4 Å². The molecule has 128 valence electrons. The van der Waals surface area contributed by atoms with Gasteiger partial charge in [-0.3, -0.25) is 4.79 Å². The predicted octanol–water partition coefficient (Wildman–Crippen LogP) is 3.77. The Kier molecular flexibility index (Phi) is 4.85. The van der Waals surface area contributed by atoms with E-state index in [2.05, 4.69) is 26.0 Å². The van der Waals surface area contributed by atoms with Crippen LogP contribution in [-0.2, 0) is 0 Å². The summed E-state index contributed by atoms with van der Waals surface area (Å²) < 4.78 is 5.11. The van der Waals surface area contributed by atoms with Crippen LogP contribution in [0.1, 0.15) is 16.1 Å². The van der Waals surface area contributed by atoms with Crippen LogP contribution < -0.4 is 15.4 Å². The number of methoxy groups -OCH3 is 1. The maximum absolute atomic E-state index is 12.4. The summed E-state index contributed by atoms with van der Waals surface area (Å²) in [5.74, 6) is 0.658. The van der Waals surface area contributed by atoms with Gasteiger partial charge in [-0.2, -0.15) is 5.21 Å². The number of anilines is 3. The molecule has 3 N–H and O–H groups in total. The van der Waals surface area contributed by atoms with Crippen LogP contribution in [-0.4, -0.2) is 28.4 Å². The van der Waals surface area contributed by atoms with Crippen LogP contribution in [0.25, 0.3) is 0 Å². The molecule has 0 atom stereocenters. The van der Waals surface area contributed by atoms with Gasteiger partial charge < -0.3 is 15.4 Å². The molecule has 8 heteroatoms. The van der Waals surface area contributed by atoms with Gasteiger partial charge in [-0.15, -0.1) is 10.2 Å². The number of rotatable bonds is 5. The molecule has 1 heterocycles. The van der Waals surface area contributed by atoms with Crippen molar-refractivity contribution in [3.8, 4) is 5.75 Å². The molecule has 0 aliphatic rings. The zero-order valence-electron chi connectivity index (χ0n) is 13.6. The van der Waals surface area contributed by atoms with Gasteiger partial charge in [0.15, 0.2) is 11.5 Å². The van der Waals surface area contributed by atoms with Crippen molar-refractivity contribution in [2.75, 3.05) is 17.7 Å². The minimum absolute atomic E-state index is 0.146. The Morgan fingerprint density at radius 1 is 1.12 bits per heavy atom. The topological polar surface area (TPSA) is 91.9 Å². The molecule has 25 heavy (non-hydrogen) atoms. The highest BCUT2D eigenvalue weighted by Gasteiger charge is 2.17. The third-order valence-electron chi connectivity index (χ3n) is 3.55. The van der Waals surface area contributed by atoms with E-state index in [9.17, 15) is 4.79 Å². The number of amides is 1. The van der Waals surface area contributed by atoms with Crippen LogP contribution in [0.5, 0.6) is 5.75 Å². The van der Waals surface area contributed by atoms with Crippen LogP contribution in [0.15, 0.2) is 42.5 Å². The van der Waals surface area contributed by atoms with Crippen LogP contribution in [0.2, 0.25) is 5.02 Å². The molecule has 3 rings (SSSR count). The number of nitrogens with one attached hydrogen (secondary N) is 3. The Balaban J connectivity index is 1.75. The highest BCUT2D eigenvalue weighted by molar-refractivity contribution is 6.31. The van der Waals surface area contributed by atoms with Gasteiger partial charge in [0, 0.05) is 16.4 Å². The average molecular weight is 358 g/mol. The van der Waals surface area contributed by atoms with E-state index >= 15 is 0 Å². The van der Waals surface area contributed by atoms with Crippen molar-refractivity contribution >= 4 is 34.7 Å². The molecule has 0 saturated heterocycles. The lowest BCUT2D eigenvalue weighted by molar-refractivity contribution is 0.102. The lowest BCUT2D eigenvalue weighted by Gasteiger charge is -2.08. The number of hydrogen-bond donors (Lipinski definition) is 3. The molecular weight excluding hydrogens is 342 g/mol. The quantitative estimate of drug-likeness (QED) is 0.646. The smallest absolute Gasteiger partial charge is 0.280 e. The first-order valence-corrected chi connectivity index (χ1v) is 7.84. The summed E-state index contributed by atoms with van der Waals surface area (Å²) in [6, 6.07) is 12.5. The molecule has 0 saturated carbocycles. The zero-order chi connectivity index (χ0) is 17.8. The Morgan fingerprint density at radius 3 is 2.52 bits per heavy atom. The molecule has 2 aromatic carbocycles. The second-order valence-electron chi connectivity index (χ2n) is 5.29. The van der Waals surface area contributed by atoms with Gasteiger partial charge >= 0.3 is 0 Å². The van der Waals surface area contributed by atoms with Crippen molar-refractivity contribution in [3.05, 3.63) is 58.7 Å². The standard InChI is InChI=1S/C17H16ClN5O2/c1-10-3-4-12(9-14(10)18)20-17(24)15-16(22-23-21-15)19-11-5-7-13(25-2)8-6-11/h3-9H,1-2H3,(H,20,24)(H2,19,21,22,23). The van der Waals surface area contributed by atoms with E-state index in [1.54, 1.807) is 31.4 Å². The van der Waals surface area contributed by atoms with E-state index in [4.69, 9.17) is 16.3 Å². The van der Waals surface area contributed by atoms with E-state index < -0.39 is 5.91 Å². The summed E-state index contributed by atoms with van der Waals surface area (Å²) in [4.78, 5) is 12.4. The summed E-state index contributed by atoms with van der Waals surface area (Å²) >= 11 is 6.08. The molecule has 0 radical (unpaired) electrons. The van der Waals surface area contributed by atoms with Gasteiger partial charge in [-0.05, 0) is 48.9 Å². The summed E-state index contributed by atoms with van der Waals surface area (Å²) in [5, 5.41) is 16.7. The minimum atomic E-state index is -0.398. The van der Waals surface area contributed by atoms with E-state index in [0.29, 0.717) is 16.5 Å². The number of halogens is 1. The van der Waals surface area contributed by atoms with Crippen molar-refractivity contribution in [1.29, 1.82) is 0 Å².